The molecule has 1 atom stereocenters. The molecule has 1 aromatic carbocycles. The molecule has 0 bridgehead atoms. The highest BCUT2D eigenvalue weighted by atomic mass is 35.5. The molecule has 1 aliphatic carbocycles. The minimum Gasteiger partial charge on any atom is -0.388 e. The third kappa shape index (κ3) is 2.74. The molecule has 0 radical (unpaired) electrons. The Morgan fingerprint density at radius 2 is 2.15 bits per heavy atom. The van der Waals surface area contributed by atoms with Gasteiger partial charge < -0.3 is 9.67 Å². The van der Waals surface area contributed by atoms with Crippen molar-refractivity contribution in [3.05, 3.63) is 58.1 Å². The zero-order chi connectivity index (χ0) is 14.1. The van der Waals surface area contributed by atoms with Crippen molar-refractivity contribution >= 4 is 11.6 Å². The Balaban J connectivity index is 1.87. The molecule has 2 aromatic rings. The van der Waals surface area contributed by atoms with Crippen molar-refractivity contribution in [1.29, 1.82) is 0 Å². The summed E-state index contributed by atoms with van der Waals surface area (Å²) in [6.45, 7) is 0.461. The van der Waals surface area contributed by atoms with Gasteiger partial charge in [0.15, 0.2) is 0 Å². The fourth-order valence-electron chi connectivity index (χ4n) is 2.83. The van der Waals surface area contributed by atoms with Gasteiger partial charge in [0.2, 0.25) is 0 Å². The highest BCUT2D eigenvalue weighted by Crippen LogP contribution is 2.29. The SMILES string of the molecule is OC1CCCCc2cn(Cc3ccc(Cl)cc3F)cc21. The van der Waals surface area contributed by atoms with Crippen molar-refractivity contribution in [2.75, 3.05) is 0 Å². The smallest absolute Gasteiger partial charge is 0.129 e. The third-order valence-electron chi connectivity index (χ3n) is 3.90. The molecule has 106 valence electrons. The number of fused-ring (bicyclic) bond motifs is 1. The molecule has 1 N–H and O–H groups in total. The van der Waals surface area contributed by atoms with Gasteiger partial charge in [-0.2, -0.15) is 0 Å². The molecule has 20 heavy (non-hydrogen) atoms. The Kier molecular flexibility index (Phi) is 3.81. The summed E-state index contributed by atoms with van der Waals surface area (Å²) >= 11 is 5.76. The van der Waals surface area contributed by atoms with Gasteiger partial charge in [-0.25, -0.2) is 4.39 Å². The summed E-state index contributed by atoms with van der Waals surface area (Å²) in [5, 5.41) is 10.5. The molecule has 1 aliphatic rings. The average Bonchev–Trinajstić information content (AvgIpc) is 2.73. The first kappa shape index (κ1) is 13.7. The molecule has 0 fully saturated rings. The molecule has 3 rings (SSSR count). The van der Waals surface area contributed by atoms with Crippen molar-refractivity contribution in [2.45, 2.75) is 38.3 Å². The van der Waals surface area contributed by atoms with E-state index >= 15 is 0 Å². The molecule has 0 saturated heterocycles. The lowest BCUT2D eigenvalue weighted by atomic mass is 10.1. The number of aromatic nitrogens is 1. The zero-order valence-corrected chi connectivity index (χ0v) is 11.9. The van der Waals surface area contributed by atoms with Crippen molar-refractivity contribution in [1.82, 2.24) is 4.57 Å². The predicted molar refractivity (Wildman–Crippen MR) is 77.5 cm³/mol. The fraction of sp³-hybridized carbons (Fsp3) is 0.375. The van der Waals surface area contributed by atoms with E-state index in [2.05, 4.69) is 0 Å². The fourth-order valence-corrected chi connectivity index (χ4v) is 2.99. The first-order valence-corrected chi connectivity index (χ1v) is 7.32. The number of nitrogens with zero attached hydrogens (tertiary/aromatic N) is 1. The maximum atomic E-state index is 13.8. The van der Waals surface area contributed by atoms with Crippen LogP contribution in [0.2, 0.25) is 5.02 Å². The van der Waals surface area contributed by atoms with Gasteiger partial charge in [-0.3, -0.25) is 0 Å². The van der Waals surface area contributed by atoms with Crippen molar-refractivity contribution < 1.29 is 9.50 Å². The Hall–Kier alpha value is -1.32. The molecule has 0 spiro atoms. The Morgan fingerprint density at radius 3 is 2.95 bits per heavy atom. The Labute approximate surface area is 122 Å². The average molecular weight is 294 g/mol. The normalized spacial score (nSPS) is 18.6. The van der Waals surface area contributed by atoms with Gasteiger partial charge in [-0.1, -0.05) is 24.1 Å². The van der Waals surface area contributed by atoms with Gasteiger partial charge in [0.25, 0.3) is 0 Å². The van der Waals surface area contributed by atoms with E-state index < -0.39 is 0 Å². The van der Waals surface area contributed by atoms with Crippen LogP contribution < -0.4 is 0 Å². The van der Waals surface area contributed by atoms with E-state index in [0.29, 0.717) is 17.1 Å². The second-order valence-electron chi connectivity index (χ2n) is 5.41. The second-order valence-corrected chi connectivity index (χ2v) is 5.84. The summed E-state index contributed by atoms with van der Waals surface area (Å²) in [7, 11) is 0. The summed E-state index contributed by atoms with van der Waals surface area (Å²) < 4.78 is 15.8. The van der Waals surface area contributed by atoms with E-state index in [1.165, 1.54) is 11.6 Å². The van der Waals surface area contributed by atoms with Crippen molar-refractivity contribution in [3.8, 4) is 0 Å². The minimum absolute atomic E-state index is 0.290. The van der Waals surface area contributed by atoms with E-state index in [1.54, 1.807) is 12.1 Å². The third-order valence-corrected chi connectivity index (χ3v) is 4.13. The molecular weight excluding hydrogens is 277 g/mol. The summed E-state index contributed by atoms with van der Waals surface area (Å²) in [5.74, 6) is -0.290. The Morgan fingerprint density at radius 1 is 1.30 bits per heavy atom. The number of rotatable bonds is 2. The highest BCUT2D eigenvalue weighted by Gasteiger charge is 2.18. The molecule has 1 heterocycles. The van der Waals surface area contributed by atoms with Crippen LogP contribution in [0.4, 0.5) is 4.39 Å². The van der Waals surface area contributed by atoms with Crippen LogP contribution in [0.1, 0.15) is 42.1 Å². The summed E-state index contributed by atoms with van der Waals surface area (Å²) in [4.78, 5) is 0. The standard InChI is InChI=1S/C16H17ClFNO/c17-13-6-5-12(15(18)7-13)9-19-8-11-3-1-2-4-16(20)14(11)10-19/h5-8,10,16,20H,1-4,9H2. The molecule has 0 aliphatic heterocycles. The van der Waals surface area contributed by atoms with Crippen molar-refractivity contribution in [3.63, 3.8) is 0 Å². The molecular formula is C16H17ClFNO. The number of hydrogen-bond donors (Lipinski definition) is 1. The quantitative estimate of drug-likeness (QED) is 0.829. The number of aliphatic hydroxyl groups is 1. The van der Waals surface area contributed by atoms with E-state index in [9.17, 15) is 9.50 Å². The largest absolute Gasteiger partial charge is 0.388 e. The van der Waals surface area contributed by atoms with Gasteiger partial charge in [-0.05, 0) is 37.0 Å². The van der Waals surface area contributed by atoms with E-state index in [4.69, 9.17) is 11.6 Å². The van der Waals surface area contributed by atoms with Crippen LogP contribution in [-0.2, 0) is 13.0 Å². The molecule has 0 amide bonds. The van der Waals surface area contributed by atoms with Gasteiger partial charge in [0.1, 0.15) is 5.82 Å². The van der Waals surface area contributed by atoms with Crippen LogP contribution in [0.25, 0.3) is 0 Å². The molecule has 1 aromatic heterocycles. The molecule has 0 saturated carbocycles. The number of hydrogen-bond acceptors (Lipinski definition) is 1. The second kappa shape index (κ2) is 5.58. The van der Waals surface area contributed by atoms with Crippen LogP contribution in [0.5, 0.6) is 0 Å². The summed E-state index contributed by atoms with van der Waals surface area (Å²) in [6, 6.07) is 4.74. The van der Waals surface area contributed by atoms with Gasteiger partial charge >= 0.3 is 0 Å². The Bertz CT molecular complexity index is 623. The first-order chi connectivity index (χ1) is 9.63. The first-order valence-electron chi connectivity index (χ1n) is 6.94. The minimum atomic E-state index is -0.385. The van der Waals surface area contributed by atoms with Crippen LogP contribution in [-0.4, -0.2) is 9.67 Å². The lowest BCUT2D eigenvalue weighted by Crippen LogP contribution is -2.00. The van der Waals surface area contributed by atoms with Crippen LogP contribution >= 0.6 is 11.6 Å². The number of aryl methyl sites for hydroxylation is 1. The maximum absolute atomic E-state index is 13.8. The van der Waals surface area contributed by atoms with Gasteiger partial charge in [-0.15, -0.1) is 0 Å². The van der Waals surface area contributed by atoms with Crippen LogP contribution in [0.15, 0.2) is 30.6 Å². The lowest BCUT2D eigenvalue weighted by Gasteiger charge is -2.07. The van der Waals surface area contributed by atoms with Crippen LogP contribution in [0, 0.1) is 5.82 Å². The zero-order valence-electron chi connectivity index (χ0n) is 11.1. The summed E-state index contributed by atoms with van der Waals surface area (Å²) in [6.07, 6.45) is 7.54. The number of aliphatic hydroxyl groups excluding tert-OH is 1. The van der Waals surface area contributed by atoms with Gasteiger partial charge in [0, 0.05) is 35.1 Å². The molecule has 1 unspecified atom stereocenters. The lowest BCUT2D eigenvalue weighted by molar-refractivity contribution is 0.166. The van der Waals surface area contributed by atoms with E-state index in [1.807, 2.05) is 17.0 Å². The van der Waals surface area contributed by atoms with Crippen LogP contribution in [0.3, 0.4) is 0 Å². The highest BCUT2D eigenvalue weighted by molar-refractivity contribution is 6.30. The topological polar surface area (TPSA) is 25.2 Å². The number of benzene rings is 1. The monoisotopic (exact) mass is 293 g/mol. The maximum Gasteiger partial charge on any atom is 0.129 e. The molecule has 2 nitrogen and oxygen atoms in total. The van der Waals surface area contributed by atoms with E-state index in [-0.39, 0.29) is 11.9 Å². The molecule has 4 heteroatoms. The predicted octanol–water partition coefficient (Wildman–Crippen LogP) is 4.09. The van der Waals surface area contributed by atoms with Crippen molar-refractivity contribution in [2.24, 2.45) is 0 Å². The van der Waals surface area contributed by atoms with E-state index in [0.717, 1.165) is 31.2 Å². The summed E-state index contributed by atoms with van der Waals surface area (Å²) in [5.41, 5.74) is 2.79. The number of halogens is 2. The van der Waals surface area contributed by atoms with Gasteiger partial charge in [0.05, 0.1) is 6.10 Å².